The van der Waals surface area contributed by atoms with Gasteiger partial charge in [0, 0.05) is 24.5 Å². The molecule has 1 saturated heterocycles. The molecule has 5 heteroatoms. The summed E-state index contributed by atoms with van der Waals surface area (Å²) in [6.07, 6.45) is 0.760. The van der Waals surface area contributed by atoms with E-state index in [9.17, 15) is 14.7 Å². The summed E-state index contributed by atoms with van der Waals surface area (Å²) in [4.78, 5) is 25.0. The summed E-state index contributed by atoms with van der Waals surface area (Å²) in [5.74, 6) is -1.15. The molecule has 1 amide bonds. The Morgan fingerprint density at radius 1 is 1.32 bits per heavy atom. The zero-order valence-corrected chi connectivity index (χ0v) is 12.5. The second-order valence-electron chi connectivity index (χ2n) is 6.60. The molecule has 1 rings (SSSR count). The molecule has 1 atom stereocenters. The molecule has 1 unspecified atom stereocenters. The van der Waals surface area contributed by atoms with Crippen LogP contribution in [-0.2, 0) is 9.53 Å². The zero-order chi connectivity index (χ0) is 14.8. The van der Waals surface area contributed by atoms with Crippen LogP contribution in [0.4, 0.5) is 4.79 Å². The number of hydrogen-bond acceptors (Lipinski definition) is 4. The van der Waals surface area contributed by atoms with Crippen LogP contribution in [0.1, 0.15) is 47.5 Å². The molecule has 0 N–H and O–H groups in total. The van der Waals surface area contributed by atoms with E-state index in [0.29, 0.717) is 19.4 Å². The topological polar surface area (TPSA) is 69.7 Å². The molecule has 1 aliphatic rings. The Bertz CT molecular complexity index is 359. The van der Waals surface area contributed by atoms with E-state index in [-0.39, 0.29) is 12.5 Å². The van der Waals surface area contributed by atoms with Gasteiger partial charge in [0.25, 0.3) is 0 Å². The number of nitrogens with zero attached hydrogens (tertiary/aromatic N) is 1. The summed E-state index contributed by atoms with van der Waals surface area (Å²) >= 11 is 0. The van der Waals surface area contributed by atoms with Crippen molar-refractivity contribution in [2.45, 2.75) is 53.1 Å². The Morgan fingerprint density at radius 3 is 2.32 bits per heavy atom. The first-order valence-corrected chi connectivity index (χ1v) is 6.78. The Labute approximate surface area is 114 Å². The number of carboxylic acid groups (broad SMARTS) is 1. The van der Waals surface area contributed by atoms with Gasteiger partial charge in [-0.2, -0.15) is 0 Å². The smallest absolute Gasteiger partial charge is 0.410 e. The van der Waals surface area contributed by atoms with Gasteiger partial charge in [-0.3, -0.25) is 0 Å². The highest BCUT2D eigenvalue weighted by Gasteiger charge is 2.41. The van der Waals surface area contributed by atoms with Gasteiger partial charge in [-0.25, -0.2) is 4.79 Å². The Morgan fingerprint density at radius 2 is 1.89 bits per heavy atom. The molecular weight excluding hydrogens is 246 g/mol. The lowest BCUT2D eigenvalue weighted by molar-refractivity contribution is -0.323. The molecule has 0 aromatic heterocycles. The second kappa shape index (κ2) is 5.39. The molecule has 0 aromatic carbocycles. The largest absolute Gasteiger partial charge is 0.549 e. The summed E-state index contributed by atoms with van der Waals surface area (Å²) < 4.78 is 5.30. The van der Waals surface area contributed by atoms with Crippen molar-refractivity contribution < 1.29 is 19.4 Å². The molecule has 110 valence electrons. The molecule has 0 aliphatic carbocycles. The number of aliphatic carboxylic acids is 1. The molecule has 0 aromatic rings. The molecule has 0 spiro atoms. The maximum Gasteiger partial charge on any atom is 0.410 e. The van der Waals surface area contributed by atoms with Gasteiger partial charge in [-0.1, -0.05) is 13.8 Å². The van der Waals surface area contributed by atoms with Gasteiger partial charge in [-0.05, 0) is 39.5 Å². The van der Waals surface area contributed by atoms with E-state index >= 15 is 0 Å². The highest BCUT2D eigenvalue weighted by molar-refractivity contribution is 5.75. The lowest BCUT2D eigenvalue weighted by atomic mass is 9.71. The third-order valence-corrected chi connectivity index (χ3v) is 3.69. The third kappa shape index (κ3) is 3.61. The van der Waals surface area contributed by atoms with Crippen LogP contribution in [0.2, 0.25) is 0 Å². The first-order chi connectivity index (χ1) is 8.58. The fraction of sp³-hybridized carbons (Fsp3) is 0.857. The molecule has 1 heterocycles. The average Bonchev–Trinajstić information content (AvgIpc) is 2.26. The minimum atomic E-state index is -1.07. The van der Waals surface area contributed by atoms with Crippen LogP contribution >= 0.6 is 0 Å². The summed E-state index contributed by atoms with van der Waals surface area (Å²) in [7, 11) is 0. The lowest BCUT2D eigenvalue weighted by Crippen LogP contribution is -2.57. The number of likely N-dealkylation sites (tertiary alicyclic amines) is 1. The molecule has 0 saturated carbocycles. The number of amides is 1. The van der Waals surface area contributed by atoms with Crippen molar-refractivity contribution in [3.8, 4) is 0 Å². The fourth-order valence-electron chi connectivity index (χ4n) is 2.44. The first kappa shape index (κ1) is 15.8. The number of rotatable bonds is 2. The van der Waals surface area contributed by atoms with Crippen molar-refractivity contribution in [3.05, 3.63) is 0 Å². The van der Waals surface area contributed by atoms with Crippen molar-refractivity contribution >= 4 is 12.1 Å². The molecule has 1 fully saturated rings. The van der Waals surface area contributed by atoms with Crippen molar-refractivity contribution in [1.82, 2.24) is 4.90 Å². The van der Waals surface area contributed by atoms with E-state index in [0.717, 1.165) is 0 Å². The predicted octanol–water partition coefficient (Wildman–Crippen LogP) is 1.41. The third-order valence-electron chi connectivity index (χ3n) is 3.69. The molecular formula is C14H24NO4-. The Kier molecular flexibility index (Phi) is 4.48. The van der Waals surface area contributed by atoms with Crippen molar-refractivity contribution in [2.24, 2.45) is 11.3 Å². The monoisotopic (exact) mass is 270 g/mol. The minimum Gasteiger partial charge on any atom is -0.549 e. The lowest BCUT2D eigenvalue weighted by Gasteiger charge is -2.46. The number of carbonyl (C=O) groups is 2. The van der Waals surface area contributed by atoms with Crippen LogP contribution in [-0.4, -0.2) is 35.7 Å². The number of carbonyl (C=O) groups excluding carboxylic acids is 2. The van der Waals surface area contributed by atoms with Gasteiger partial charge in [-0.15, -0.1) is 0 Å². The van der Waals surface area contributed by atoms with Crippen LogP contribution in [0.15, 0.2) is 0 Å². The van der Waals surface area contributed by atoms with E-state index in [1.165, 1.54) is 4.90 Å². The fourth-order valence-corrected chi connectivity index (χ4v) is 2.44. The molecule has 0 radical (unpaired) electrons. The van der Waals surface area contributed by atoms with Crippen molar-refractivity contribution in [2.75, 3.05) is 13.1 Å². The summed E-state index contributed by atoms with van der Waals surface area (Å²) in [6.45, 7) is 9.80. The number of ether oxygens (including phenoxy) is 1. The second-order valence-corrected chi connectivity index (χ2v) is 6.60. The molecule has 5 nitrogen and oxygen atoms in total. The summed E-state index contributed by atoms with van der Waals surface area (Å²) in [6, 6.07) is 0. The summed E-state index contributed by atoms with van der Waals surface area (Å²) in [5.41, 5.74) is -1.54. The quantitative estimate of drug-likeness (QED) is 0.760. The SMILES string of the molecule is CC(C)C1(C(=O)[O-])CCCN(C(=O)OC(C)(C)C)C1. The van der Waals surface area contributed by atoms with Gasteiger partial charge in [0.1, 0.15) is 5.60 Å². The van der Waals surface area contributed by atoms with E-state index < -0.39 is 23.1 Å². The van der Waals surface area contributed by atoms with Crippen molar-refractivity contribution in [1.29, 1.82) is 0 Å². The van der Waals surface area contributed by atoms with Gasteiger partial charge >= 0.3 is 6.09 Å². The molecule has 0 bridgehead atoms. The van der Waals surface area contributed by atoms with Crippen LogP contribution < -0.4 is 5.11 Å². The maximum absolute atomic E-state index is 12.0. The van der Waals surface area contributed by atoms with Crippen LogP contribution in [0.3, 0.4) is 0 Å². The van der Waals surface area contributed by atoms with Gasteiger partial charge < -0.3 is 19.5 Å². The van der Waals surface area contributed by atoms with Gasteiger partial charge in [0.2, 0.25) is 0 Å². The van der Waals surface area contributed by atoms with Crippen LogP contribution in [0.5, 0.6) is 0 Å². The van der Waals surface area contributed by atoms with Gasteiger partial charge in [0.05, 0.1) is 0 Å². The van der Waals surface area contributed by atoms with E-state index in [2.05, 4.69) is 0 Å². The highest BCUT2D eigenvalue weighted by atomic mass is 16.6. The highest BCUT2D eigenvalue weighted by Crippen LogP contribution is 2.37. The van der Waals surface area contributed by atoms with Gasteiger partial charge in [0.15, 0.2) is 0 Å². The zero-order valence-electron chi connectivity index (χ0n) is 12.5. The minimum absolute atomic E-state index is 0.0808. The molecule has 19 heavy (non-hydrogen) atoms. The summed E-state index contributed by atoms with van der Waals surface area (Å²) in [5, 5.41) is 11.5. The van der Waals surface area contributed by atoms with E-state index in [1.807, 2.05) is 13.8 Å². The standard InChI is InChI=1S/C14H25NO4/c1-10(2)14(11(16)17)7-6-8-15(9-14)12(18)19-13(3,4)5/h10H,6-9H2,1-5H3,(H,16,17)/p-1. The van der Waals surface area contributed by atoms with E-state index in [1.54, 1.807) is 20.8 Å². The number of hydrogen-bond donors (Lipinski definition) is 0. The van der Waals surface area contributed by atoms with Crippen LogP contribution in [0.25, 0.3) is 0 Å². The van der Waals surface area contributed by atoms with E-state index in [4.69, 9.17) is 4.74 Å². The average molecular weight is 270 g/mol. The number of carboxylic acids is 1. The van der Waals surface area contributed by atoms with Crippen molar-refractivity contribution in [3.63, 3.8) is 0 Å². The Balaban J connectivity index is 2.84. The Hall–Kier alpha value is -1.26. The molecule has 1 aliphatic heterocycles. The normalized spacial score (nSPS) is 24.4. The van der Waals surface area contributed by atoms with Crippen LogP contribution in [0, 0.1) is 11.3 Å². The number of piperidine rings is 1. The first-order valence-electron chi connectivity index (χ1n) is 6.78. The maximum atomic E-state index is 12.0. The predicted molar refractivity (Wildman–Crippen MR) is 69.3 cm³/mol.